The highest BCUT2D eigenvalue weighted by atomic mass is 16.6. The van der Waals surface area contributed by atoms with E-state index >= 15 is 0 Å². The fourth-order valence-corrected chi connectivity index (χ4v) is 1.68. The minimum absolute atomic E-state index is 0.273. The smallest absolute Gasteiger partial charge is 0.379 e. The number of para-hydroxylation sites is 1. The molecule has 2 aromatic rings. The van der Waals surface area contributed by atoms with Crippen molar-refractivity contribution in [2.75, 3.05) is 14.2 Å². The molecule has 0 radical (unpaired) electrons. The zero-order valence-electron chi connectivity index (χ0n) is 9.47. The standard InChI is InChI=1S/C12H11NO4/c1-16-12(15)11(14)9-7-13(17-2)10-6-4-3-5-8(9)10/h3-7H,1-2H3. The van der Waals surface area contributed by atoms with Crippen molar-refractivity contribution < 1.29 is 19.2 Å². The van der Waals surface area contributed by atoms with Gasteiger partial charge in [0.1, 0.15) is 7.11 Å². The predicted molar refractivity (Wildman–Crippen MR) is 60.8 cm³/mol. The number of aromatic nitrogens is 1. The third-order valence-electron chi connectivity index (χ3n) is 2.49. The van der Waals surface area contributed by atoms with Crippen molar-refractivity contribution in [1.82, 2.24) is 4.73 Å². The van der Waals surface area contributed by atoms with Gasteiger partial charge in [-0.3, -0.25) is 4.79 Å². The molecule has 0 aliphatic carbocycles. The van der Waals surface area contributed by atoms with E-state index in [1.165, 1.54) is 25.1 Å². The zero-order valence-corrected chi connectivity index (χ0v) is 9.47. The minimum Gasteiger partial charge on any atom is -0.463 e. The quantitative estimate of drug-likeness (QED) is 0.452. The SMILES string of the molecule is COC(=O)C(=O)c1cn(OC)c2ccccc12. The predicted octanol–water partition coefficient (Wildman–Crippen LogP) is 1.06. The lowest BCUT2D eigenvalue weighted by Crippen LogP contribution is -2.15. The molecule has 2 rings (SSSR count). The number of ketones is 1. The van der Waals surface area contributed by atoms with Gasteiger partial charge in [-0.05, 0) is 6.07 Å². The average Bonchev–Trinajstić information content (AvgIpc) is 2.75. The van der Waals surface area contributed by atoms with Crippen LogP contribution in [0, 0.1) is 0 Å². The first-order chi connectivity index (χ1) is 8.19. The summed E-state index contributed by atoms with van der Waals surface area (Å²) in [4.78, 5) is 28.1. The maximum absolute atomic E-state index is 11.8. The molecule has 0 unspecified atom stereocenters. The van der Waals surface area contributed by atoms with Crippen LogP contribution in [0.15, 0.2) is 30.5 Å². The summed E-state index contributed by atoms with van der Waals surface area (Å²) in [7, 11) is 2.66. The molecule has 5 nitrogen and oxygen atoms in total. The van der Waals surface area contributed by atoms with Gasteiger partial charge in [-0.2, -0.15) is 4.73 Å². The highest BCUT2D eigenvalue weighted by Crippen LogP contribution is 2.21. The van der Waals surface area contributed by atoms with Crippen molar-refractivity contribution in [3.05, 3.63) is 36.0 Å². The molecular formula is C12H11NO4. The largest absolute Gasteiger partial charge is 0.463 e. The van der Waals surface area contributed by atoms with E-state index in [0.717, 1.165) is 5.52 Å². The number of fused-ring (bicyclic) bond motifs is 1. The van der Waals surface area contributed by atoms with E-state index in [0.29, 0.717) is 5.39 Å². The lowest BCUT2D eigenvalue weighted by Gasteiger charge is -1.99. The van der Waals surface area contributed by atoms with E-state index in [1.54, 1.807) is 18.2 Å². The summed E-state index contributed by atoms with van der Waals surface area (Å²) in [6, 6.07) is 7.16. The van der Waals surface area contributed by atoms with Crippen LogP contribution in [0.1, 0.15) is 10.4 Å². The Kier molecular flexibility index (Phi) is 2.82. The molecule has 0 amide bonds. The monoisotopic (exact) mass is 233 g/mol. The third kappa shape index (κ3) is 1.75. The maximum atomic E-state index is 11.8. The summed E-state index contributed by atoms with van der Waals surface area (Å²) >= 11 is 0. The van der Waals surface area contributed by atoms with Crippen molar-refractivity contribution >= 4 is 22.7 Å². The number of Topliss-reactive ketones (excluding diaryl/α,β-unsaturated/α-hetero) is 1. The molecule has 0 saturated heterocycles. The average molecular weight is 233 g/mol. The Bertz CT molecular complexity index is 585. The molecule has 0 spiro atoms. The molecule has 5 heteroatoms. The van der Waals surface area contributed by atoms with Crippen LogP contribution in [0.5, 0.6) is 0 Å². The molecule has 1 heterocycles. The Morgan fingerprint density at radius 2 is 1.88 bits per heavy atom. The molecule has 1 aromatic carbocycles. The second-order valence-corrected chi connectivity index (χ2v) is 3.39. The number of hydrogen-bond acceptors (Lipinski definition) is 4. The van der Waals surface area contributed by atoms with E-state index in [4.69, 9.17) is 4.84 Å². The maximum Gasteiger partial charge on any atom is 0.379 e. The highest BCUT2D eigenvalue weighted by Gasteiger charge is 2.22. The second-order valence-electron chi connectivity index (χ2n) is 3.39. The molecule has 0 fully saturated rings. The summed E-state index contributed by atoms with van der Waals surface area (Å²) in [6.07, 6.45) is 1.48. The summed E-state index contributed by atoms with van der Waals surface area (Å²) in [5.74, 6) is -1.57. The van der Waals surface area contributed by atoms with Gasteiger partial charge in [-0.25, -0.2) is 4.79 Å². The normalized spacial score (nSPS) is 10.2. The second kappa shape index (κ2) is 4.29. The van der Waals surface area contributed by atoms with Crippen LogP contribution in [0.2, 0.25) is 0 Å². The van der Waals surface area contributed by atoms with Gasteiger partial charge in [0.05, 0.1) is 24.4 Å². The number of hydrogen-bond donors (Lipinski definition) is 0. The first kappa shape index (κ1) is 11.2. The van der Waals surface area contributed by atoms with Crippen molar-refractivity contribution in [3.63, 3.8) is 0 Å². The van der Waals surface area contributed by atoms with Gasteiger partial charge in [0.25, 0.3) is 5.78 Å². The fraction of sp³-hybridized carbons (Fsp3) is 0.167. The zero-order chi connectivity index (χ0) is 12.4. The summed E-state index contributed by atoms with van der Waals surface area (Å²) < 4.78 is 5.86. The number of esters is 1. The van der Waals surface area contributed by atoms with Gasteiger partial charge in [0, 0.05) is 5.39 Å². The number of carbonyl (C=O) groups is 2. The Hall–Kier alpha value is -2.30. The van der Waals surface area contributed by atoms with Gasteiger partial charge in [-0.1, -0.05) is 18.2 Å². The van der Waals surface area contributed by atoms with Crippen molar-refractivity contribution in [1.29, 1.82) is 0 Å². The van der Waals surface area contributed by atoms with Gasteiger partial charge in [-0.15, -0.1) is 0 Å². The number of benzene rings is 1. The number of ether oxygens (including phenoxy) is 1. The van der Waals surface area contributed by atoms with Gasteiger partial charge < -0.3 is 9.57 Å². The lowest BCUT2D eigenvalue weighted by atomic mass is 10.1. The fourth-order valence-electron chi connectivity index (χ4n) is 1.68. The van der Waals surface area contributed by atoms with E-state index in [1.807, 2.05) is 6.07 Å². The molecule has 0 aliphatic rings. The van der Waals surface area contributed by atoms with Crippen LogP contribution in [0.3, 0.4) is 0 Å². The molecule has 88 valence electrons. The van der Waals surface area contributed by atoms with Crippen LogP contribution in [0.4, 0.5) is 0 Å². The number of rotatable bonds is 3. The molecule has 0 aliphatic heterocycles. The first-order valence-electron chi connectivity index (χ1n) is 4.96. The molecular weight excluding hydrogens is 222 g/mol. The van der Waals surface area contributed by atoms with E-state index in [9.17, 15) is 9.59 Å². The number of nitrogens with zero attached hydrogens (tertiary/aromatic N) is 1. The van der Waals surface area contributed by atoms with Crippen LogP contribution in [-0.2, 0) is 9.53 Å². The van der Waals surface area contributed by atoms with Crippen molar-refractivity contribution in [3.8, 4) is 0 Å². The molecule has 0 atom stereocenters. The van der Waals surface area contributed by atoms with Gasteiger partial charge in [0.2, 0.25) is 0 Å². The van der Waals surface area contributed by atoms with E-state index in [2.05, 4.69) is 4.74 Å². The van der Waals surface area contributed by atoms with Gasteiger partial charge >= 0.3 is 5.97 Å². The van der Waals surface area contributed by atoms with Crippen LogP contribution < -0.4 is 4.84 Å². The molecule has 1 aromatic heterocycles. The summed E-state index contributed by atoms with van der Waals surface area (Å²) in [6.45, 7) is 0. The Balaban J connectivity index is 2.62. The van der Waals surface area contributed by atoms with E-state index in [-0.39, 0.29) is 5.56 Å². The lowest BCUT2D eigenvalue weighted by molar-refractivity contribution is -0.135. The molecule has 0 N–H and O–H groups in total. The highest BCUT2D eigenvalue weighted by molar-refractivity contribution is 6.42. The molecule has 0 saturated carbocycles. The Morgan fingerprint density at radius 1 is 1.18 bits per heavy atom. The molecule has 0 bridgehead atoms. The first-order valence-corrected chi connectivity index (χ1v) is 4.96. The Labute approximate surface area is 97.5 Å². The summed E-state index contributed by atoms with van der Waals surface area (Å²) in [5, 5.41) is 0.657. The van der Waals surface area contributed by atoms with Crippen LogP contribution in [-0.4, -0.2) is 30.7 Å². The molecule has 17 heavy (non-hydrogen) atoms. The number of carbonyl (C=O) groups excluding carboxylic acids is 2. The van der Waals surface area contributed by atoms with Crippen molar-refractivity contribution in [2.45, 2.75) is 0 Å². The Morgan fingerprint density at radius 3 is 2.53 bits per heavy atom. The van der Waals surface area contributed by atoms with Crippen molar-refractivity contribution in [2.24, 2.45) is 0 Å². The topological polar surface area (TPSA) is 57.5 Å². The third-order valence-corrected chi connectivity index (χ3v) is 2.49. The number of methoxy groups -OCH3 is 1. The van der Waals surface area contributed by atoms with Crippen LogP contribution in [0.25, 0.3) is 10.9 Å². The van der Waals surface area contributed by atoms with Gasteiger partial charge in [0.15, 0.2) is 0 Å². The minimum atomic E-state index is -0.885. The summed E-state index contributed by atoms with van der Waals surface area (Å²) in [5.41, 5.74) is 0.997. The van der Waals surface area contributed by atoms with Crippen LogP contribution >= 0.6 is 0 Å². The van der Waals surface area contributed by atoms with E-state index < -0.39 is 11.8 Å².